The summed E-state index contributed by atoms with van der Waals surface area (Å²) in [5.74, 6) is 0.0587. The van der Waals surface area contributed by atoms with Gasteiger partial charge < -0.3 is 4.74 Å². The lowest BCUT2D eigenvalue weighted by atomic mass is 9.87. The van der Waals surface area contributed by atoms with E-state index in [1.54, 1.807) is 0 Å². The number of hydrogen-bond acceptors (Lipinski definition) is 2. The van der Waals surface area contributed by atoms with E-state index >= 15 is 0 Å². The van der Waals surface area contributed by atoms with Gasteiger partial charge in [0.2, 0.25) is 0 Å². The number of ether oxygens (including phenoxy) is 1. The van der Waals surface area contributed by atoms with Crippen molar-refractivity contribution >= 4 is 0 Å². The van der Waals surface area contributed by atoms with Gasteiger partial charge in [-0.25, -0.2) is 0 Å². The van der Waals surface area contributed by atoms with E-state index in [1.807, 2.05) is 6.07 Å². The van der Waals surface area contributed by atoms with Crippen LogP contribution in [0, 0.1) is 0 Å². The van der Waals surface area contributed by atoms with E-state index in [0.717, 1.165) is 24.7 Å². The maximum atomic E-state index is 13.1. The molecule has 2 atom stereocenters. The van der Waals surface area contributed by atoms with Crippen LogP contribution in [0.5, 0.6) is 0 Å². The van der Waals surface area contributed by atoms with Gasteiger partial charge in [-0.2, -0.15) is 13.2 Å². The Bertz CT molecular complexity index is 512. The summed E-state index contributed by atoms with van der Waals surface area (Å²) in [5, 5.41) is 0. The second-order valence-corrected chi connectivity index (χ2v) is 5.87. The number of nitrogens with zero attached hydrogens (tertiary/aromatic N) is 1. The van der Waals surface area contributed by atoms with Crippen LogP contribution in [0.1, 0.15) is 36.5 Å². The molecule has 1 saturated heterocycles. The molecular weight excluding hydrogens is 267 g/mol. The predicted octanol–water partition coefficient (Wildman–Crippen LogP) is 3.41. The first-order valence-electron chi connectivity index (χ1n) is 6.92. The standard InChI is InChI=1S/C15H18F3NO/c1-9(2)19-6-11-10-4-3-5-13(15(16,17)18)12(10)8-20-14(11)7-19/h3-5,9,11,14H,6-8H2,1-2H3. The molecule has 0 amide bonds. The van der Waals surface area contributed by atoms with Gasteiger partial charge in [0.25, 0.3) is 0 Å². The molecule has 0 radical (unpaired) electrons. The van der Waals surface area contributed by atoms with Crippen LogP contribution in [-0.2, 0) is 17.5 Å². The molecule has 20 heavy (non-hydrogen) atoms. The molecule has 0 bridgehead atoms. The van der Waals surface area contributed by atoms with Crippen LogP contribution in [0.25, 0.3) is 0 Å². The van der Waals surface area contributed by atoms with Crippen molar-refractivity contribution in [2.45, 2.75) is 44.7 Å². The largest absolute Gasteiger partial charge is 0.416 e. The zero-order valence-electron chi connectivity index (χ0n) is 11.6. The molecule has 2 nitrogen and oxygen atoms in total. The van der Waals surface area contributed by atoms with Gasteiger partial charge in [0, 0.05) is 25.0 Å². The summed E-state index contributed by atoms with van der Waals surface area (Å²) >= 11 is 0. The molecule has 0 aromatic heterocycles. The van der Waals surface area contributed by atoms with Crippen molar-refractivity contribution in [1.82, 2.24) is 4.90 Å². The molecule has 5 heteroatoms. The summed E-state index contributed by atoms with van der Waals surface area (Å²) < 4.78 is 44.9. The second kappa shape index (κ2) is 4.74. The summed E-state index contributed by atoms with van der Waals surface area (Å²) in [4.78, 5) is 2.27. The minimum absolute atomic E-state index is 0.0217. The molecule has 2 aliphatic heterocycles. The highest BCUT2D eigenvalue weighted by atomic mass is 19.4. The van der Waals surface area contributed by atoms with E-state index in [1.165, 1.54) is 6.07 Å². The Hall–Kier alpha value is -1.07. The number of rotatable bonds is 1. The fourth-order valence-electron chi connectivity index (χ4n) is 3.26. The lowest BCUT2D eigenvalue weighted by molar-refractivity contribution is -0.139. The zero-order valence-corrected chi connectivity index (χ0v) is 11.6. The third-order valence-electron chi connectivity index (χ3n) is 4.38. The van der Waals surface area contributed by atoms with Crippen LogP contribution in [-0.4, -0.2) is 30.1 Å². The predicted molar refractivity (Wildman–Crippen MR) is 69.5 cm³/mol. The van der Waals surface area contributed by atoms with Gasteiger partial charge in [0.1, 0.15) is 0 Å². The number of benzene rings is 1. The molecule has 1 aromatic rings. The Morgan fingerprint density at radius 3 is 2.65 bits per heavy atom. The molecule has 3 rings (SSSR count). The number of hydrogen-bond donors (Lipinski definition) is 0. The average molecular weight is 285 g/mol. The molecule has 0 spiro atoms. The molecule has 0 aliphatic carbocycles. The van der Waals surface area contributed by atoms with E-state index in [4.69, 9.17) is 4.74 Å². The first-order chi connectivity index (χ1) is 9.38. The summed E-state index contributed by atoms with van der Waals surface area (Å²) in [6.45, 7) is 5.85. The molecule has 1 fully saturated rings. The van der Waals surface area contributed by atoms with E-state index in [2.05, 4.69) is 18.7 Å². The van der Waals surface area contributed by atoms with Crippen molar-refractivity contribution in [3.8, 4) is 0 Å². The van der Waals surface area contributed by atoms with Crippen LogP contribution in [0.3, 0.4) is 0 Å². The summed E-state index contributed by atoms with van der Waals surface area (Å²) in [6, 6.07) is 4.88. The third-order valence-corrected chi connectivity index (χ3v) is 4.38. The molecule has 0 N–H and O–H groups in total. The Labute approximate surface area is 116 Å². The fraction of sp³-hybridized carbons (Fsp3) is 0.600. The SMILES string of the molecule is CC(C)N1CC2OCc3c(cccc3C(F)(F)F)C2C1. The Balaban J connectivity index is 1.98. The van der Waals surface area contributed by atoms with Crippen molar-refractivity contribution in [2.75, 3.05) is 13.1 Å². The van der Waals surface area contributed by atoms with Crippen molar-refractivity contribution in [3.63, 3.8) is 0 Å². The number of fused-ring (bicyclic) bond motifs is 3. The van der Waals surface area contributed by atoms with Gasteiger partial charge in [-0.3, -0.25) is 4.90 Å². The number of likely N-dealkylation sites (tertiary alicyclic amines) is 1. The van der Waals surface area contributed by atoms with Crippen LogP contribution in [0.15, 0.2) is 18.2 Å². The van der Waals surface area contributed by atoms with Gasteiger partial charge in [0.05, 0.1) is 18.3 Å². The monoisotopic (exact) mass is 285 g/mol. The highest BCUT2D eigenvalue weighted by Crippen LogP contribution is 2.42. The first-order valence-corrected chi connectivity index (χ1v) is 6.92. The summed E-state index contributed by atoms with van der Waals surface area (Å²) in [7, 11) is 0. The highest BCUT2D eigenvalue weighted by Gasteiger charge is 2.43. The van der Waals surface area contributed by atoms with Crippen LogP contribution >= 0.6 is 0 Å². The second-order valence-electron chi connectivity index (χ2n) is 5.87. The number of alkyl halides is 3. The van der Waals surface area contributed by atoms with Crippen molar-refractivity contribution < 1.29 is 17.9 Å². The molecule has 110 valence electrons. The van der Waals surface area contributed by atoms with Gasteiger partial charge in [-0.15, -0.1) is 0 Å². The zero-order chi connectivity index (χ0) is 14.5. The average Bonchev–Trinajstić information content (AvgIpc) is 2.81. The van der Waals surface area contributed by atoms with Gasteiger partial charge >= 0.3 is 6.18 Å². The van der Waals surface area contributed by atoms with Gasteiger partial charge in [-0.1, -0.05) is 12.1 Å². The Kier molecular flexibility index (Phi) is 3.29. The van der Waals surface area contributed by atoms with Crippen molar-refractivity contribution in [2.24, 2.45) is 0 Å². The van der Waals surface area contributed by atoms with E-state index in [9.17, 15) is 13.2 Å². The fourth-order valence-corrected chi connectivity index (χ4v) is 3.26. The van der Waals surface area contributed by atoms with Crippen molar-refractivity contribution in [3.05, 3.63) is 34.9 Å². The lowest BCUT2D eigenvalue weighted by Gasteiger charge is -2.29. The van der Waals surface area contributed by atoms with E-state index in [-0.39, 0.29) is 18.6 Å². The van der Waals surface area contributed by atoms with Crippen LogP contribution in [0.4, 0.5) is 13.2 Å². The van der Waals surface area contributed by atoms with Gasteiger partial charge in [0.15, 0.2) is 0 Å². The Morgan fingerprint density at radius 2 is 2.00 bits per heavy atom. The maximum Gasteiger partial charge on any atom is 0.416 e. The summed E-state index contributed by atoms with van der Waals surface area (Å²) in [5.41, 5.74) is 0.600. The lowest BCUT2D eigenvalue weighted by Crippen LogP contribution is -2.30. The van der Waals surface area contributed by atoms with Crippen molar-refractivity contribution in [1.29, 1.82) is 0 Å². The van der Waals surface area contributed by atoms with Crippen LogP contribution in [0.2, 0.25) is 0 Å². The Morgan fingerprint density at radius 1 is 1.25 bits per heavy atom. The molecule has 2 aliphatic rings. The molecule has 2 unspecified atom stereocenters. The third kappa shape index (κ3) is 2.23. The molecular formula is C15H18F3NO. The molecule has 1 aromatic carbocycles. The maximum absolute atomic E-state index is 13.1. The van der Waals surface area contributed by atoms with E-state index < -0.39 is 11.7 Å². The van der Waals surface area contributed by atoms with Gasteiger partial charge in [-0.05, 0) is 31.0 Å². The minimum Gasteiger partial charge on any atom is -0.371 e. The molecule has 0 saturated carbocycles. The summed E-state index contributed by atoms with van der Waals surface area (Å²) in [6.07, 6.45) is -4.29. The minimum atomic E-state index is -4.31. The normalized spacial score (nSPS) is 26.7. The highest BCUT2D eigenvalue weighted by molar-refractivity contribution is 5.41. The van der Waals surface area contributed by atoms with E-state index in [0.29, 0.717) is 11.6 Å². The smallest absolute Gasteiger partial charge is 0.371 e. The topological polar surface area (TPSA) is 12.5 Å². The molecule has 2 heterocycles. The van der Waals surface area contributed by atoms with Crippen LogP contribution < -0.4 is 0 Å². The quantitative estimate of drug-likeness (QED) is 0.784. The number of halogens is 3. The first kappa shape index (κ1) is 13.9.